The number of nitro groups is 1. The van der Waals surface area contributed by atoms with Crippen molar-refractivity contribution < 1.29 is 4.92 Å². The molecule has 19 heavy (non-hydrogen) atoms. The summed E-state index contributed by atoms with van der Waals surface area (Å²) in [4.78, 5) is 14.5. The van der Waals surface area contributed by atoms with Crippen LogP contribution in [0.2, 0.25) is 0 Å². The second kappa shape index (κ2) is 5.63. The van der Waals surface area contributed by atoms with E-state index in [1.54, 1.807) is 0 Å². The molecule has 2 N–H and O–H groups in total. The first kappa shape index (κ1) is 13.2. The predicted molar refractivity (Wildman–Crippen MR) is 69.7 cm³/mol. The zero-order chi connectivity index (χ0) is 13.8. The smallest absolute Gasteiger partial charge is 0.312 e. The van der Waals surface area contributed by atoms with Crippen molar-refractivity contribution in [1.29, 1.82) is 5.26 Å². The van der Waals surface area contributed by atoms with Crippen molar-refractivity contribution in [2.45, 2.75) is 31.8 Å². The fourth-order valence-corrected chi connectivity index (χ4v) is 2.22. The molecule has 2 rings (SSSR count). The van der Waals surface area contributed by atoms with E-state index in [1.807, 2.05) is 6.07 Å². The Bertz CT molecular complexity index is 525. The van der Waals surface area contributed by atoms with Crippen molar-refractivity contribution in [1.82, 2.24) is 10.3 Å². The summed E-state index contributed by atoms with van der Waals surface area (Å²) in [5, 5.41) is 26.2. The topological polar surface area (TPSA) is 104 Å². The molecule has 0 bridgehead atoms. The van der Waals surface area contributed by atoms with Crippen LogP contribution >= 0.6 is 0 Å². The monoisotopic (exact) mass is 261 g/mol. The van der Waals surface area contributed by atoms with Gasteiger partial charge in [0.25, 0.3) is 0 Å². The maximum Gasteiger partial charge on any atom is 0.312 e. The van der Waals surface area contributed by atoms with E-state index in [0.29, 0.717) is 6.04 Å². The van der Waals surface area contributed by atoms with Gasteiger partial charge in [0.05, 0.1) is 10.5 Å². The number of pyridine rings is 1. The van der Waals surface area contributed by atoms with Crippen LogP contribution in [0.4, 0.5) is 11.5 Å². The van der Waals surface area contributed by atoms with Gasteiger partial charge in [0.15, 0.2) is 0 Å². The molecule has 0 saturated carbocycles. The highest BCUT2D eigenvalue weighted by molar-refractivity contribution is 5.58. The molecule has 0 radical (unpaired) electrons. The van der Waals surface area contributed by atoms with Crippen LogP contribution in [0.5, 0.6) is 0 Å². The lowest BCUT2D eigenvalue weighted by Crippen LogP contribution is -2.41. The number of aromatic nitrogens is 1. The van der Waals surface area contributed by atoms with E-state index < -0.39 is 4.92 Å². The number of hydrogen-bond donors (Lipinski definition) is 2. The van der Waals surface area contributed by atoms with E-state index in [0.717, 1.165) is 19.4 Å². The summed E-state index contributed by atoms with van der Waals surface area (Å²) in [7, 11) is 0. The average Bonchev–Trinajstić information content (AvgIpc) is 2.39. The van der Waals surface area contributed by atoms with Gasteiger partial charge >= 0.3 is 5.69 Å². The molecule has 0 spiro atoms. The zero-order valence-corrected chi connectivity index (χ0v) is 10.6. The normalized spacial score (nSPS) is 22.5. The molecule has 2 atom stereocenters. The number of nitrogens with zero attached hydrogens (tertiary/aromatic N) is 3. The first-order valence-corrected chi connectivity index (χ1v) is 6.14. The summed E-state index contributed by atoms with van der Waals surface area (Å²) in [6.45, 7) is 2.96. The summed E-state index contributed by atoms with van der Waals surface area (Å²) < 4.78 is 0. The standard InChI is InChI=1S/C12H15N5O2/c1-8-4-10(2-3-14-8)16-12-11(17(18)19)5-9(6-13)7-15-12/h5,7-8,10,14H,2-4H2,1H3,(H,15,16). The SMILES string of the molecule is CC1CC(Nc2ncc(C#N)cc2[N+](=O)[O-])CCN1. The molecular formula is C12H15N5O2. The molecule has 1 aromatic rings. The summed E-state index contributed by atoms with van der Waals surface area (Å²) in [6.07, 6.45) is 3.13. The highest BCUT2D eigenvalue weighted by Crippen LogP contribution is 2.25. The van der Waals surface area contributed by atoms with Crippen molar-refractivity contribution in [2.24, 2.45) is 0 Å². The third-order valence-electron chi connectivity index (χ3n) is 3.16. The van der Waals surface area contributed by atoms with Gasteiger partial charge in [-0.25, -0.2) is 4.98 Å². The third kappa shape index (κ3) is 3.17. The van der Waals surface area contributed by atoms with Crippen molar-refractivity contribution in [2.75, 3.05) is 11.9 Å². The number of rotatable bonds is 3. The highest BCUT2D eigenvalue weighted by Gasteiger charge is 2.23. The van der Waals surface area contributed by atoms with Crippen molar-refractivity contribution >= 4 is 11.5 Å². The zero-order valence-electron chi connectivity index (χ0n) is 10.6. The van der Waals surface area contributed by atoms with E-state index in [4.69, 9.17) is 5.26 Å². The lowest BCUT2D eigenvalue weighted by atomic mass is 10.0. The number of hydrogen-bond acceptors (Lipinski definition) is 6. The van der Waals surface area contributed by atoms with E-state index in [9.17, 15) is 10.1 Å². The van der Waals surface area contributed by atoms with E-state index in [-0.39, 0.29) is 23.1 Å². The lowest BCUT2D eigenvalue weighted by molar-refractivity contribution is -0.384. The average molecular weight is 261 g/mol. The van der Waals surface area contributed by atoms with Crippen LogP contribution < -0.4 is 10.6 Å². The Balaban J connectivity index is 2.20. The van der Waals surface area contributed by atoms with Crippen LogP contribution in [0.15, 0.2) is 12.3 Å². The Labute approximate surface area is 110 Å². The van der Waals surface area contributed by atoms with Crippen LogP contribution in [-0.2, 0) is 0 Å². The van der Waals surface area contributed by atoms with Gasteiger partial charge < -0.3 is 10.6 Å². The van der Waals surface area contributed by atoms with Crippen molar-refractivity contribution in [3.8, 4) is 6.07 Å². The Hall–Kier alpha value is -2.20. The largest absolute Gasteiger partial charge is 0.362 e. The van der Waals surface area contributed by atoms with Gasteiger partial charge in [-0.1, -0.05) is 0 Å². The minimum atomic E-state index is -0.513. The molecular weight excluding hydrogens is 246 g/mol. The minimum Gasteiger partial charge on any atom is -0.362 e. The molecule has 100 valence electrons. The number of nitriles is 1. The van der Waals surface area contributed by atoms with E-state index >= 15 is 0 Å². The van der Waals surface area contributed by atoms with Crippen molar-refractivity contribution in [3.63, 3.8) is 0 Å². The minimum absolute atomic E-state index is 0.148. The first-order valence-electron chi connectivity index (χ1n) is 6.14. The predicted octanol–water partition coefficient (Wildman–Crippen LogP) is 1.41. The van der Waals surface area contributed by atoms with Crippen molar-refractivity contribution in [3.05, 3.63) is 27.9 Å². The Morgan fingerprint density at radius 3 is 3.11 bits per heavy atom. The maximum absolute atomic E-state index is 11.0. The second-order valence-electron chi connectivity index (χ2n) is 4.68. The Morgan fingerprint density at radius 2 is 2.47 bits per heavy atom. The quantitative estimate of drug-likeness (QED) is 0.629. The Kier molecular flexibility index (Phi) is 3.92. The van der Waals surface area contributed by atoms with Gasteiger partial charge in [-0.15, -0.1) is 0 Å². The van der Waals surface area contributed by atoms with Gasteiger partial charge in [-0.2, -0.15) is 5.26 Å². The lowest BCUT2D eigenvalue weighted by Gasteiger charge is -2.28. The highest BCUT2D eigenvalue weighted by atomic mass is 16.6. The van der Waals surface area contributed by atoms with Gasteiger partial charge in [-0.05, 0) is 26.3 Å². The molecule has 1 saturated heterocycles. The van der Waals surface area contributed by atoms with Crippen LogP contribution in [0.3, 0.4) is 0 Å². The van der Waals surface area contributed by atoms with Gasteiger partial charge in [-0.3, -0.25) is 10.1 Å². The molecule has 1 fully saturated rings. The summed E-state index contributed by atoms with van der Waals surface area (Å²) >= 11 is 0. The first-order chi connectivity index (χ1) is 9.10. The second-order valence-corrected chi connectivity index (χ2v) is 4.68. The molecule has 1 aliphatic rings. The molecule has 2 heterocycles. The maximum atomic E-state index is 11.0. The van der Waals surface area contributed by atoms with E-state index in [1.165, 1.54) is 12.3 Å². The molecule has 7 heteroatoms. The van der Waals surface area contributed by atoms with Crippen LogP contribution in [0, 0.1) is 21.4 Å². The summed E-state index contributed by atoms with van der Waals surface area (Å²) in [5.41, 5.74) is 0.0427. The number of piperidine rings is 1. The fourth-order valence-electron chi connectivity index (χ4n) is 2.22. The molecule has 1 aliphatic heterocycles. The molecule has 1 aromatic heterocycles. The van der Waals surface area contributed by atoms with Gasteiger partial charge in [0, 0.05) is 24.3 Å². The van der Waals surface area contributed by atoms with E-state index in [2.05, 4.69) is 22.5 Å². The molecule has 0 aromatic carbocycles. The van der Waals surface area contributed by atoms with Crippen LogP contribution in [-0.4, -0.2) is 28.5 Å². The summed E-state index contributed by atoms with van der Waals surface area (Å²) in [5.74, 6) is 0.239. The molecule has 2 unspecified atom stereocenters. The molecule has 0 amide bonds. The summed E-state index contributed by atoms with van der Waals surface area (Å²) in [6, 6.07) is 3.65. The molecule has 0 aliphatic carbocycles. The number of nitrogens with one attached hydrogen (secondary N) is 2. The molecule has 7 nitrogen and oxygen atoms in total. The Morgan fingerprint density at radius 1 is 1.68 bits per heavy atom. The van der Waals surface area contributed by atoms with Crippen LogP contribution in [0.25, 0.3) is 0 Å². The van der Waals surface area contributed by atoms with Gasteiger partial charge in [0.1, 0.15) is 6.07 Å². The van der Waals surface area contributed by atoms with Gasteiger partial charge in [0.2, 0.25) is 5.82 Å². The van der Waals surface area contributed by atoms with Crippen LogP contribution in [0.1, 0.15) is 25.3 Å². The third-order valence-corrected chi connectivity index (χ3v) is 3.16. The fraction of sp³-hybridized carbons (Fsp3) is 0.500. The number of anilines is 1.